The first-order valence-corrected chi connectivity index (χ1v) is 9.12. The third-order valence-electron chi connectivity index (χ3n) is 4.47. The molecular formula is C20H26N4O2. The molecule has 1 saturated heterocycles. The summed E-state index contributed by atoms with van der Waals surface area (Å²) in [6.45, 7) is 7.55. The molecule has 1 aromatic heterocycles. The molecule has 0 aliphatic carbocycles. The van der Waals surface area contributed by atoms with Gasteiger partial charge in [0.25, 0.3) is 0 Å². The second kappa shape index (κ2) is 8.76. The van der Waals surface area contributed by atoms with Crippen LogP contribution < -0.4 is 10.1 Å². The van der Waals surface area contributed by atoms with E-state index in [2.05, 4.69) is 46.4 Å². The van der Waals surface area contributed by atoms with Crippen LogP contribution in [0.25, 0.3) is 0 Å². The Labute approximate surface area is 154 Å². The lowest BCUT2D eigenvalue weighted by Crippen LogP contribution is -2.51. The van der Waals surface area contributed by atoms with E-state index in [-0.39, 0.29) is 11.8 Å². The smallest absolute Gasteiger partial charge is 0.230 e. The highest BCUT2D eigenvalue weighted by atomic mass is 16.5. The van der Waals surface area contributed by atoms with Gasteiger partial charge in [0.05, 0.1) is 30.6 Å². The molecule has 0 atom stereocenters. The number of carbonyl (C=O) groups is 1. The lowest BCUT2D eigenvalue weighted by Gasteiger charge is -2.38. The lowest BCUT2D eigenvalue weighted by atomic mass is 9.98. The van der Waals surface area contributed by atoms with Crippen LogP contribution in [0.1, 0.15) is 25.8 Å². The third-order valence-corrected chi connectivity index (χ3v) is 4.47. The SMILES string of the molecule is CC(C)CCOc1ccc(CN2CC(C(=O)Nc3ccnnc3)C2)cc1. The van der Waals surface area contributed by atoms with Crippen molar-refractivity contribution in [3.8, 4) is 5.75 Å². The number of anilines is 1. The van der Waals surface area contributed by atoms with E-state index in [9.17, 15) is 4.79 Å². The summed E-state index contributed by atoms with van der Waals surface area (Å²) >= 11 is 0. The van der Waals surface area contributed by atoms with Crippen LogP contribution >= 0.6 is 0 Å². The summed E-state index contributed by atoms with van der Waals surface area (Å²) in [6, 6.07) is 9.99. The minimum absolute atomic E-state index is 0.0294. The van der Waals surface area contributed by atoms with E-state index in [1.165, 1.54) is 5.56 Å². The Morgan fingerprint density at radius 2 is 2.00 bits per heavy atom. The Balaban J connectivity index is 1.39. The van der Waals surface area contributed by atoms with Crippen LogP contribution in [0.2, 0.25) is 0 Å². The zero-order valence-corrected chi connectivity index (χ0v) is 15.4. The van der Waals surface area contributed by atoms with Crippen molar-refractivity contribution >= 4 is 11.6 Å². The van der Waals surface area contributed by atoms with Gasteiger partial charge in [0, 0.05) is 19.6 Å². The van der Waals surface area contributed by atoms with Gasteiger partial charge in [-0.15, -0.1) is 0 Å². The van der Waals surface area contributed by atoms with Crippen LogP contribution in [-0.2, 0) is 11.3 Å². The minimum Gasteiger partial charge on any atom is -0.494 e. The van der Waals surface area contributed by atoms with Gasteiger partial charge in [-0.1, -0.05) is 26.0 Å². The predicted molar refractivity (Wildman–Crippen MR) is 101 cm³/mol. The van der Waals surface area contributed by atoms with Gasteiger partial charge < -0.3 is 10.1 Å². The van der Waals surface area contributed by atoms with Crippen molar-refractivity contribution in [2.45, 2.75) is 26.8 Å². The molecule has 1 aliphatic heterocycles. The summed E-state index contributed by atoms with van der Waals surface area (Å²) in [7, 11) is 0. The minimum atomic E-state index is 0.0294. The van der Waals surface area contributed by atoms with Gasteiger partial charge in [-0.05, 0) is 36.1 Å². The summed E-state index contributed by atoms with van der Waals surface area (Å²) in [5.74, 6) is 1.65. The van der Waals surface area contributed by atoms with Gasteiger partial charge >= 0.3 is 0 Å². The Bertz CT molecular complexity index is 698. The summed E-state index contributed by atoms with van der Waals surface area (Å²) < 4.78 is 5.75. The van der Waals surface area contributed by atoms with Crippen LogP contribution in [-0.4, -0.2) is 40.7 Å². The van der Waals surface area contributed by atoms with Crippen LogP contribution in [0.15, 0.2) is 42.7 Å². The number of carbonyl (C=O) groups excluding carboxylic acids is 1. The Hall–Kier alpha value is -2.47. The molecule has 0 unspecified atom stereocenters. The number of benzene rings is 1. The number of likely N-dealkylation sites (tertiary alicyclic amines) is 1. The number of rotatable bonds is 8. The largest absolute Gasteiger partial charge is 0.494 e. The van der Waals surface area contributed by atoms with Crippen LogP contribution in [0.5, 0.6) is 5.75 Å². The maximum absolute atomic E-state index is 12.2. The first-order valence-electron chi connectivity index (χ1n) is 9.12. The van der Waals surface area contributed by atoms with E-state index < -0.39 is 0 Å². The fourth-order valence-corrected chi connectivity index (χ4v) is 2.84. The van der Waals surface area contributed by atoms with Gasteiger partial charge in [0.15, 0.2) is 0 Å². The van der Waals surface area contributed by atoms with Crippen molar-refractivity contribution in [2.75, 3.05) is 25.0 Å². The van der Waals surface area contributed by atoms with Crippen molar-refractivity contribution in [1.82, 2.24) is 15.1 Å². The molecule has 6 nitrogen and oxygen atoms in total. The third kappa shape index (κ3) is 5.26. The number of ether oxygens (including phenoxy) is 1. The molecule has 26 heavy (non-hydrogen) atoms. The lowest BCUT2D eigenvalue weighted by molar-refractivity contribution is -0.125. The molecule has 1 fully saturated rings. The Kier molecular flexibility index (Phi) is 6.17. The van der Waals surface area contributed by atoms with Gasteiger partial charge in [-0.3, -0.25) is 9.69 Å². The molecule has 1 N–H and O–H groups in total. The van der Waals surface area contributed by atoms with Crippen LogP contribution in [0, 0.1) is 11.8 Å². The monoisotopic (exact) mass is 354 g/mol. The maximum Gasteiger partial charge on any atom is 0.230 e. The van der Waals surface area contributed by atoms with Gasteiger partial charge in [-0.2, -0.15) is 10.2 Å². The normalized spacial score (nSPS) is 14.9. The summed E-state index contributed by atoms with van der Waals surface area (Å²) in [5.41, 5.74) is 1.93. The summed E-state index contributed by atoms with van der Waals surface area (Å²) in [6.07, 6.45) is 4.19. The molecule has 0 bridgehead atoms. The highest BCUT2D eigenvalue weighted by Gasteiger charge is 2.32. The molecule has 6 heteroatoms. The predicted octanol–water partition coefficient (Wildman–Crippen LogP) is 2.97. The average molecular weight is 354 g/mol. The van der Waals surface area contributed by atoms with Gasteiger partial charge in [-0.25, -0.2) is 0 Å². The van der Waals surface area contributed by atoms with Crippen molar-refractivity contribution in [2.24, 2.45) is 11.8 Å². The fraction of sp³-hybridized carbons (Fsp3) is 0.450. The quantitative estimate of drug-likeness (QED) is 0.789. The molecule has 138 valence electrons. The molecule has 0 saturated carbocycles. The average Bonchev–Trinajstić information content (AvgIpc) is 2.59. The molecular weight excluding hydrogens is 328 g/mol. The van der Waals surface area contributed by atoms with Crippen LogP contribution in [0.3, 0.4) is 0 Å². The number of hydrogen-bond acceptors (Lipinski definition) is 5. The number of nitrogens with one attached hydrogen (secondary N) is 1. The van der Waals surface area contributed by atoms with Crippen molar-refractivity contribution in [1.29, 1.82) is 0 Å². The molecule has 1 aliphatic rings. The molecule has 3 rings (SSSR count). The first kappa shape index (κ1) is 18.3. The number of hydrogen-bond donors (Lipinski definition) is 1. The fourth-order valence-electron chi connectivity index (χ4n) is 2.84. The zero-order chi connectivity index (χ0) is 18.4. The second-order valence-corrected chi connectivity index (χ2v) is 7.19. The van der Waals surface area contributed by atoms with Gasteiger partial charge in [0.1, 0.15) is 5.75 Å². The molecule has 0 radical (unpaired) electrons. The van der Waals surface area contributed by atoms with E-state index in [1.807, 2.05) is 12.1 Å². The number of nitrogens with zero attached hydrogens (tertiary/aromatic N) is 3. The van der Waals surface area contributed by atoms with Crippen molar-refractivity contribution in [3.05, 3.63) is 48.3 Å². The zero-order valence-electron chi connectivity index (χ0n) is 15.4. The summed E-state index contributed by atoms with van der Waals surface area (Å²) in [5, 5.41) is 10.3. The van der Waals surface area contributed by atoms with E-state index in [0.717, 1.165) is 38.4 Å². The van der Waals surface area contributed by atoms with E-state index in [4.69, 9.17) is 4.74 Å². The highest BCUT2D eigenvalue weighted by Crippen LogP contribution is 2.21. The standard InChI is InChI=1S/C20H26N4O2/c1-15(2)8-10-26-19-5-3-16(4-6-19)12-24-13-17(14-24)20(25)23-18-7-9-21-22-11-18/h3-7,9,11,15,17H,8,10,12-14H2,1-2H3,(H,21,23,25). The van der Waals surface area contributed by atoms with E-state index >= 15 is 0 Å². The topological polar surface area (TPSA) is 67.3 Å². The first-order chi connectivity index (χ1) is 12.6. The Morgan fingerprint density at radius 3 is 2.65 bits per heavy atom. The van der Waals surface area contributed by atoms with Crippen LogP contribution in [0.4, 0.5) is 5.69 Å². The summed E-state index contributed by atoms with van der Waals surface area (Å²) in [4.78, 5) is 14.5. The molecule has 2 aromatic rings. The second-order valence-electron chi connectivity index (χ2n) is 7.19. The van der Waals surface area contributed by atoms with Crippen molar-refractivity contribution < 1.29 is 9.53 Å². The van der Waals surface area contributed by atoms with E-state index in [1.54, 1.807) is 18.5 Å². The van der Waals surface area contributed by atoms with E-state index in [0.29, 0.717) is 11.6 Å². The van der Waals surface area contributed by atoms with Gasteiger partial charge in [0.2, 0.25) is 5.91 Å². The molecule has 0 spiro atoms. The molecule has 2 heterocycles. The molecule has 1 amide bonds. The molecule has 1 aromatic carbocycles. The number of aromatic nitrogens is 2. The Morgan fingerprint density at radius 1 is 1.23 bits per heavy atom. The highest BCUT2D eigenvalue weighted by molar-refractivity contribution is 5.93. The van der Waals surface area contributed by atoms with Crippen molar-refractivity contribution in [3.63, 3.8) is 0 Å². The maximum atomic E-state index is 12.2. The number of amides is 1.